The van der Waals surface area contributed by atoms with Crippen molar-refractivity contribution in [1.29, 1.82) is 0 Å². The summed E-state index contributed by atoms with van der Waals surface area (Å²) in [7, 11) is -2.54. The van der Waals surface area contributed by atoms with Crippen molar-refractivity contribution in [1.82, 2.24) is 10.0 Å². The smallest absolute Gasteiger partial charge is 0.316 e. The molecule has 0 atom stereocenters. The molecule has 0 radical (unpaired) electrons. The van der Waals surface area contributed by atoms with Gasteiger partial charge in [-0.05, 0) is 47.1 Å². The molecule has 0 amide bonds. The number of sulfonamides is 1. The summed E-state index contributed by atoms with van der Waals surface area (Å²) in [6, 6.07) is 3.09. The number of halogens is 4. The summed E-state index contributed by atoms with van der Waals surface area (Å²) in [4.78, 5) is -0.202. The third kappa shape index (κ3) is 4.72. The van der Waals surface area contributed by atoms with Crippen molar-refractivity contribution in [2.45, 2.75) is 24.5 Å². The lowest BCUT2D eigenvalue weighted by Gasteiger charge is -2.13. The molecule has 20 heavy (non-hydrogen) atoms. The highest BCUT2D eigenvalue weighted by Crippen LogP contribution is 2.27. The fourth-order valence-corrected chi connectivity index (χ4v) is 3.65. The van der Waals surface area contributed by atoms with Crippen molar-refractivity contribution >= 4 is 26.0 Å². The van der Waals surface area contributed by atoms with Gasteiger partial charge in [0, 0.05) is 11.0 Å². The van der Waals surface area contributed by atoms with Crippen molar-refractivity contribution in [2.24, 2.45) is 0 Å². The predicted molar refractivity (Wildman–Crippen MR) is 72.9 cm³/mol. The molecule has 9 heteroatoms. The fourth-order valence-electron chi connectivity index (χ4n) is 1.57. The molecular weight excluding hydrogens is 361 g/mol. The molecule has 0 fully saturated rings. The molecular formula is C11H14BrF3N2O2S. The Morgan fingerprint density at radius 3 is 2.40 bits per heavy atom. The summed E-state index contributed by atoms with van der Waals surface area (Å²) < 4.78 is 62.1. The Morgan fingerprint density at radius 1 is 1.30 bits per heavy atom. The number of nitrogens with one attached hydrogen (secondary N) is 2. The predicted octanol–water partition coefficient (Wildman–Crippen LogP) is 2.32. The fraction of sp³-hybridized carbons (Fsp3) is 0.455. The summed E-state index contributed by atoms with van der Waals surface area (Å²) in [5, 5.41) is 2.86. The van der Waals surface area contributed by atoms with Gasteiger partial charge in [0.05, 0.1) is 4.90 Å². The van der Waals surface area contributed by atoms with E-state index in [1.165, 1.54) is 6.07 Å². The maximum absolute atomic E-state index is 12.1. The zero-order valence-electron chi connectivity index (χ0n) is 10.8. The summed E-state index contributed by atoms with van der Waals surface area (Å²) >= 11 is 3.10. The van der Waals surface area contributed by atoms with Crippen LogP contribution in [0.5, 0.6) is 0 Å². The quantitative estimate of drug-likeness (QED) is 0.831. The van der Waals surface area contributed by atoms with Crippen LogP contribution < -0.4 is 10.0 Å². The number of aryl methyl sites for hydroxylation is 1. The first-order valence-corrected chi connectivity index (χ1v) is 7.84. The number of rotatable bonds is 5. The zero-order valence-corrected chi connectivity index (χ0v) is 13.2. The average molecular weight is 375 g/mol. The maximum Gasteiger partial charge on any atom is 0.402 e. The van der Waals surface area contributed by atoms with Gasteiger partial charge in [-0.25, -0.2) is 13.1 Å². The first kappa shape index (κ1) is 17.4. The van der Waals surface area contributed by atoms with Gasteiger partial charge in [0.15, 0.2) is 0 Å². The van der Waals surface area contributed by atoms with Gasteiger partial charge in [0.25, 0.3) is 0 Å². The van der Waals surface area contributed by atoms with E-state index in [2.05, 4.69) is 21.2 Å². The topological polar surface area (TPSA) is 58.2 Å². The van der Waals surface area contributed by atoms with Crippen LogP contribution >= 0.6 is 15.9 Å². The number of benzene rings is 1. The van der Waals surface area contributed by atoms with Crippen LogP contribution in [0.4, 0.5) is 13.2 Å². The molecule has 0 unspecified atom stereocenters. The maximum atomic E-state index is 12.1. The molecule has 0 aromatic heterocycles. The Hall–Kier alpha value is -0.640. The molecule has 114 valence electrons. The molecule has 1 rings (SSSR count). The van der Waals surface area contributed by atoms with Crippen LogP contribution in [0.3, 0.4) is 0 Å². The van der Waals surface area contributed by atoms with Gasteiger partial charge in [0.1, 0.15) is 6.54 Å². The highest BCUT2D eigenvalue weighted by atomic mass is 79.9. The van der Waals surface area contributed by atoms with Crippen LogP contribution in [0.25, 0.3) is 0 Å². The van der Waals surface area contributed by atoms with E-state index in [-0.39, 0.29) is 9.37 Å². The van der Waals surface area contributed by atoms with Gasteiger partial charge in [-0.3, -0.25) is 0 Å². The largest absolute Gasteiger partial charge is 0.402 e. The summed E-state index contributed by atoms with van der Waals surface area (Å²) in [5.74, 6) is 0. The molecule has 0 aliphatic carbocycles. The van der Waals surface area contributed by atoms with E-state index in [0.717, 1.165) is 0 Å². The third-order valence-electron chi connectivity index (χ3n) is 2.41. The molecule has 0 saturated heterocycles. The zero-order chi connectivity index (χ0) is 15.6. The lowest BCUT2D eigenvalue weighted by Crippen LogP contribution is -2.34. The second-order valence-corrected chi connectivity index (χ2v) is 6.72. The highest BCUT2D eigenvalue weighted by molar-refractivity contribution is 9.10. The molecule has 1 aromatic rings. The normalized spacial score (nSPS) is 12.7. The molecule has 2 N–H and O–H groups in total. The minimum Gasteiger partial charge on any atom is -0.316 e. The van der Waals surface area contributed by atoms with Gasteiger partial charge >= 0.3 is 6.18 Å². The molecule has 0 spiro atoms. The molecule has 0 saturated carbocycles. The number of hydrogen-bond acceptors (Lipinski definition) is 3. The third-order valence-corrected chi connectivity index (χ3v) is 5.15. The Morgan fingerprint density at radius 2 is 1.90 bits per heavy atom. The van der Waals surface area contributed by atoms with Crippen molar-refractivity contribution < 1.29 is 21.6 Å². The minimum atomic E-state index is -4.60. The Labute approximate surface area is 123 Å². The molecule has 4 nitrogen and oxygen atoms in total. The SMILES string of the molecule is CNCc1cc(C)c(Br)c(S(=O)(=O)NCC(F)(F)F)c1. The summed E-state index contributed by atoms with van der Waals surface area (Å²) in [6.45, 7) is 0.485. The Balaban J connectivity index is 3.17. The molecule has 0 aliphatic rings. The van der Waals surface area contributed by atoms with Crippen LogP contribution in [-0.2, 0) is 16.6 Å². The van der Waals surface area contributed by atoms with Crippen molar-refractivity contribution in [3.8, 4) is 0 Å². The molecule has 0 heterocycles. The number of alkyl halides is 3. The van der Waals surface area contributed by atoms with E-state index in [9.17, 15) is 21.6 Å². The van der Waals surface area contributed by atoms with Crippen LogP contribution in [0.2, 0.25) is 0 Å². The van der Waals surface area contributed by atoms with Crippen LogP contribution in [-0.4, -0.2) is 28.2 Å². The van der Waals surface area contributed by atoms with Crippen molar-refractivity contribution in [3.63, 3.8) is 0 Å². The van der Waals surface area contributed by atoms with Gasteiger partial charge in [-0.15, -0.1) is 0 Å². The first-order chi connectivity index (χ1) is 9.07. The minimum absolute atomic E-state index is 0.202. The second-order valence-electron chi connectivity index (χ2n) is 4.19. The number of hydrogen-bond donors (Lipinski definition) is 2. The standard InChI is InChI=1S/C11H14BrF3N2O2S/c1-7-3-8(5-16-2)4-9(10(7)12)20(18,19)17-6-11(13,14)15/h3-4,16-17H,5-6H2,1-2H3. The molecule has 1 aromatic carbocycles. The van der Waals surface area contributed by atoms with E-state index < -0.39 is 22.7 Å². The Kier molecular flexibility index (Phi) is 5.59. The van der Waals surface area contributed by atoms with Gasteiger partial charge in [-0.1, -0.05) is 6.07 Å². The molecule has 0 aliphatic heterocycles. The van der Waals surface area contributed by atoms with E-state index in [1.807, 2.05) is 0 Å². The lowest BCUT2D eigenvalue weighted by atomic mass is 10.1. The lowest BCUT2D eigenvalue weighted by molar-refractivity contribution is -0.121. The summed E-state index contributed by atoms with van der Waals surface area (Å²) in [5.41, 5.74) is 1.30. The highest BCUT2D eigenvalue weighted by Gasteiger charge is 2.31. The van der Waals surface area contributed by atoms with Crippen LogP contribution in [0.1, 0.15) is 11.1 Å². The Bertz CT molecular complexity index is 588. The first-order valence-electron chi connectivity index (χ1n) is 5.57. The van der Waals surface area contributed by atoms with Gasteiger partial charge in [-0.2, -0.15) is 13.2 Å². The van der Waals surface area contributed by atoms with Crippen LogP contribution in [0, 0.1) is 6.92 Å². The van der Waals surface area contributed by atoms with E-state index in [4.69, 9.17) is 0 Å². The van der Waals surface area contributed by atoms with E-state index in [1.54, 1.807) is 24.8 Å². The monoisotopic (exact) mass is 374 g/mol. The van der Waals surface area contributed by atoms with Crippen LogP contribution in [0.15, 0.2) is 21.5 Å². The average Bonchev–Trinajstić information content (AvgIpc) is 2.30. The summed E-state index contributed by atoms with van der Waals surface area (Å²) in [6.07, 6.45) is -4.60. The van der Waals surface area contributed by atoms with Gasteiger partial charge < -0.3 is 5.32 Å². The second kappa shape index (κ2) is 6.42. The van der Waals surface area contributed by atoms with E-state index in [0.29, 0.717) is 17.7 Å². The van der Waals surface area contributed by atoms with E-state index >= 15 is 0 Å². The van der Waals surface area contributed by atoms with Gasteiger partial charge in [0.2, 0.25) is 10.0 Å². The van der Waals surface area contributed by atoms with Crippen molar-refractivity contribution in [2.75, 3.05) is 13.6 Å². The molecule has 0 bridgehead atoms. The van der Waals surface area contributed by atoms with Crippen molar-refractivity contribution in [3.05, 3.63) is 27.7 Å².